The lowest BCUT2D eigenvalue weighted by molar-refractivity contribution is 0.0832. The minimum atomic E-state index is -0.227. The highest BCUT2D eigenvalue weighted by Crippen LogP contribution is 2.38. The Morgan fingerprint density at radius 3 is 2.77 bits per heavy atom. The molecule has 1 aromatic heterocycles. The first-order valence-electron chi connectivity index (χ1n) is 8.96. The Hall–Kier alpha value is -2.82. The first-order chi connectivity index (χ1) is 12.7. The van der Waals surface area contributed by atoms with Crippen LogP contribution in [0.5, 0.6) is 5.88 Å². The molecule has 3 heterocycles. The van der Waals surface area contributed by atoms with Crippen LogP contribution < -0.4 is 4.74 Å². The van der Waals surface area contributed by atoms with Gasteiger partial charge < -0.3 is 9.47 Å². The summed E-state index contributed by atoms with van der Waals surface area (Å²) >= 11 is 0. The lowest BCUT2D eigenvalue weighted by Gasteiger charge is -2.33. The van der Waals surface area contributed by atoms with Crippen LogP contribution in [0, 0.1) is 0 Å². The highest BCUT2D eigenvalue weighted by atomic mass is 16.6. The quantitative estimate of drug-likeness (QED) is 0.835. The molecule has 4 rings (SSSR count). The van der Waals surface area contributed by atoms with E-state index < -0.39 is 0 Å². The molecule has 0 N–H and O–H groups in total. The van der Waals surface area contributed by atoms with Crippen molar-refractivity contribution in [2.75, 3.05) is 7.11 Å². The highest BCUT2D eigenvalue weighted by molar-refractivity contribution is 5.74. The van der Waals surface area contributed by atoms with Crippen LogP contribution in [-0.2, 0) is 11.3 Å². The van der Waals surface area contributed by atoms with Gasteiger partial charge in [-0.25, -0.2) is 9.78 Å². The predicted molar refractivity (Wildman–Crippen MR) is 98.7 cm³/mol. The number of hydrogen-bond acceptors (Lipinski definition) is 4. The third-order valence-corrected chi connectivity index (χ3v) is 5.07. The fraction of sp³-hybridized carbons (Fsp3) is 0.333. The van der Waals surface area contributed by atoms with Crippen LogP contribution in [0.15, 0.2) is 54.6 Å². The SMILES string of the molecule is COc1cccc(C2=CC3CCC(C2)N3C(=O)OCc2ccccc2)n1. The summed E-state index contributed by atoms with van der Waals surface area (Å²) in [5.74, 6) is 0.612. The Morgan fingerprint density at radius 2 is 2.00 bits per heavy atom. The number of hydrogen-bond donors (Lipinski definition) is 0. The first kappa shape index (κ1) is 16.6. The van der Waals surface area contributed by atoms with Crippen LogP contribution in [0.1, 0.15) is 30.5 Å². The van der Waals surface area contributed by atoms with E-state index >= 15 is 0 Å². The minimum absolute atomic E-state index is 0.0834. The van der Waals surface area contributed by atoms with Crippen molar-refractivity contribution in [3.8, 4) is 5.88 Å². The molecule has 1 fully saturated rings. The summed E-state index contributed by atoms with van der Waals surface area (Å²) in [6.07, 6.45) is 4.70. The van der Waals surface area contributed by atoms with Gasteiger partial charge in [0, 0.05) is 12.1 Å². The Kier molecular flexibility index (Phi) is 4.61. The fourth-order valence-corrected chi connectivity index (χ4v) is 3.81. The topological polar surface area (TPSA) is 51.7 Å². The van der Waals surface area contributed by atoms with Crippen molar-refractivity contribution in [2.45, 2.75) is 38.0 Å². The molecule has 2 aliphatic rings. The number of pyridine rings is 1. The first-order valence-corrected chi connectivity index (χ1v) is 8.96. The maximum atomic E-state index is 12.6. The van der Waals surface area contributed by atoms with Gasteiger partial charge in [0.25, 0.3) is 0 Å². The van der Waals surface area contributed by atoms with Crippen molar-refractivity contribution in [1.82, 2.24) is 9.88 Å². The molecule has 2 aliphatic heterocycles. The molecule has 0 aliphatic carbocycles. The van der Waals surface area contributed by atoms with Crippen molar-refractivity contribution in [1.29, 1.82) is 0 Å². The van der Waals surface area contributed by atoms with Crippen molar-refractivity contribution >= 4 is 11.7 Å². The molecular formula is C21H22N2O3. The molecule has 0 spiro atoms. The van der Waals surface area contributed by atoms with Crippen LogP contribution in [0.2, 0.25) is 0 Å². The van der Waals surface area contributed by atoms with E-state index in [1.165, 1.54) is 5.57 Å². The second-order valence-electron chi connectivity index (χ2n) is 6.71. The van der Waals surface area contributed by atoms with Crippen LogP contribution in [0.4, 0.5) is 4.79 Å². The lowest BCUT2D eigenvalue weighted by atomic mass is 9.98. The molecule has 1 saturated heterocycles. The molecule has 1 aromatic carbocycles. The number of benzene rings is 1. The third-order valence-electron chi connectivity index (χ3n) is 5.07. The minimum Gasteiger partial charge on any atom is -0.481 e. The molecule has 134 valence electrons. The predicted octanol–water partition coefficient (Wildman–Crippen LogP) is 4.05. The average molecular weight is 350 g/mol. The molecule has 1 amide bonds. The van der Waals surface area contributed by atoms with Crippen LogP contribution in [0.3, 0.4) is 0 Å². The van der Waals surface area contributed by atoms with Gasteiger partial charge in [-0.1, -0.05) is 42.5 Å². The van der Waals surface area contributed by atoms with Crippen LogP contribution in [-0.4, -0.2) is 35.2 Å². The van der Waals surface area contributed by atoms with Gasteiger partial charge in [-0.2, -0.15) is 0 Å². The largest absolute Gasteiger partial charge is 0.481 e. The summed E-state index contributed by atoms with van der Waals surface area (Å²) in [6.45, 7) is 0.309. The zero-order valence-electron chi connectivity index (χ0n) is 14.8. The molecule has 0 saturated carbocycles. The number of amides is 1. The van der Waals surface area contributed by atoms with Gasteiger partial charge in [-0.3, -0.25) is 4.90 Å². The van der Waals surface area contributed by atoms with Crippen LogP contribution >= 0.6 is 0 Å². The maximum Gasteiger partial charge on any atom is 0.410 e. The summed E-state index contributed by atoms with van der Waals surface area (Å²) in [5, 5.41) is 0. The van der Waals surface area contributed by atoms with Gasteiger partial charge in [-0.05, 0) is 36.5 Å². The zero-order valence-corrected chi connectivity index (χ0v) is 14.8. The normalized spacial score (nSPS) is 21.3. The molecule has 2 aromatic rings. The van der Waals surface area contributed by atoms with Crippen molar-refractivity contribution in [3.05, 3.63) is 65.9 Å². The summed E-state index contributed by atoms with van der Waals surface area (Å²) in [5.41, 5.74) is 3.11. The Bertz CT molecular complexity index is 819. The molecule has 5 nitrogen and oxygen atoms in total. The van der Waals surface area contributed by atoms with E-state index in [1.807, 2.05) is 53.4 Å². The van der Waals surface area contributed by atoms with Crippen molar-refractivity contribution in [3.63, 3.8) is 0 Å². The molecule has 2 atom stereocenters. The number of rotatable bonds is 4. The smallest absolute Gasteiger partial charge is 0.410 e. The Morgan fingerprint density at radius 1 is 1.15 bits per heavy atom. The summed E-state index contributed by atoms with van der Waals surface area (Å²) in [6, 6.07) is 15.8. The van der Waals surface area contributed by atoms with Gasteiger partial charge in [0.2, 0.25) is 5.88 Å². The molecule has 0 radical (unpaired) electrons. The Labute approximate surface area is 153 Å². The van der Waals surface area contributed by atoms with E-state index in [0.717, 1.165) is 30.5 Å². The maximum absolute atomic E-state index is 12.6. The number of aromatic nitrogens is 1. The van der Waals surface area contributed by atoms with Gasteiger partial charge in [-0.15, -0.1) is 0 Å². The van der Waals surface area contributed by atoms with Gasteiger partial charge in [0.15, 0.2) is 0 Å². The number of nitrogens with zero attached hydrogens (tertiary/aromatic N) is 2. The number of fused-ring (bicyclic) bond motifs is 2. The molecule has 2 unspecified atom stereocenters. The van der Waals surface area contributed by atoms with Crippen molar-refractivity contribution < 1.29 is 14.3 Å². The van der Waals surface area contributed by atoms with Gasteiger partial charge in [0.05, 0.1) is 18.8 Å². The summed E-state index contributed by atoms with van der Waals surface area (Å²) in [7, 11) is 1.62. The van der Waals surface area contributed by atoms with Crippen LogP contribution in [0.25, 0.3) is 5.57 Å². The monoisotopic (exact) mass is 350 g/mol. The number of ether oxygens (including phenoxy) is 2. The Balaban J connectivity index is 1.47. The molecule has 2 bridgehead atoms. The number of carbonyl (C=O) groups excluding carboxylic acids is 1. The fourth-order valence-electron chi connectivity index (χ4n) is 3.81. The zero-order chi connectivity index (χ0) is 17.9. The molecule has 5 heteroatoms. The number of methoxy groups -OCH3 is 1. The lowest BCUT2D eigenvalue weighted by Crippen LogP contribution is -2.43. The van der Waals surface area contributed by atoms with E-state index in [9.17, 15) is 4.79 Å². The molecular weight excluding hydrogens is 328 g/mol. The third kappa shape index (κ3) is 3.29. The average Bonchev–Trinajstić information content (AvgIpc) is 2.96. The van der Waals surface area contributed by atoms with E-state index in [2.05, 4.69) is 11.1 Å². The summed E-state index contributed by atoms with van der Waals surface area (Å²) < 4.78 is 10.8. The van der Waals surface area contributed by atoms with E-state index in [-0.39, 0.29) is 18.2 Å². The second kappa shape index (κ2) is 7.20. The van der Waals surface area contributed by atoms with E-state index in [0.29, 0.717) is 12.5 Å². The number of carbonyl (C=O) groups is 1. The van der Waals surface area contributed by atoms with E-state index in [4.69, 9.17) is 9.47 Å². The van der Waals surface area contributed by atoms with E-state index in [1.54, 1.807) is 7.11 Å². The summed E-state index contributed by atoms with van der Waals surface area (Å²) in [4.78, 5) is 19.0. The highest BCUT2D eigenvalue weighted by Gasteiger charge is 2.40. The molecule has 26 heavy (non-hydrogen) atoms. The van der Waals surface area contributed by atoms with Crippen molar-refractivity contribution in [2.24, 2.45) is 0 Å². The van der Waals surface area contributed by atoms with Gasteiger partial charge >= 0.3 is 6.09 Å². The second-order valence-corrected chi connectivity index (χ2v) is 6.71. The van der Waals surface area contributed by atoms with Gasteiger partial charge in [0.1, 0.15) is 6.61 Å². The standard InChI is InChI=1S/C21H22N2O3/c1-25-20-9-5-8-19(22-20)16-12-17-10-11-18(13-16)23(17)21(24)26-14-15-6-3-2-4-7-15/h2-9,12,17-18H,10-11,13-14H2,1H3.